The Kier molecular flexibility index (Phi) is 48.6. The number of ether oxygens (including phenoxy) is 3. The fraction of sp³-hybridized carbons (Fsp3) is 0.947. The maximum atomic E-state index is 12.8. The van der Waals surface area contributed by atoms with Gasteiger partial charge in [-0.1, -0.05) is 279 Å². The Bertz CT molecular complexity index is 964. The van der Waals surface area contributed by atoms with E-state index in [1.807, 2.05) is 0 Å². The molecular formula is C57H110O6. The highest BCUT2D eigenvalue weighted by Gasteiger charge is 2.19. The van der Waals surface area contributed by atoms with Crippen LogP contribution < -0.4 is 0 Å². The molecule has 2 atom stereocenters. The molecule has 0 aromatic heterocycles. The van der Waals surface area contributed by atoms with Crippen molar-refractivity contribution in [1.29, 1.82) is 0 Å². The summed E-state index contributed by atoms with van der Waals surface area (Å²) in [7, 11) is 0. The molecular weight excluding hydrogens is 781 g/mol. The Hall–Kier alpha value is -1.59. The predicted octanol–water partition coefficient (Wildman–Crippen LogP) is 18.5. The van der Waals surface area contributed by atoms with Crippen molar-refractivity contribution in [3.05, 3.63) is 0 Å². The summed E-state index contributed by atoms with van der Waals surface area (Å²) < 4.78 is 16.9. The van der Waals surface area contributed by atoms with E-state index in [9.17, 15) is 14.4 Å². The number of carbonyl (C=O) groups is 3. The third-order valence-electron chi connectivity index (χ3n) is 13.3. The van der Waals surface area contributed by atoms with Crippen LogP contribution in [0.2, 0.25) is 0 Å². The second kappa shape index (κ2) is 49.8. The van der Waals surface area contributed by atoms with Gasteiger partial charge in [-0.05, 0) is 31.1 Å². The molecule has 0 saturated carbocycles. The zero-order valence-corrected chi connectivity index (χ0v) is 43.2. The number of unbranched alkanes of at least 4 members (excludes halogenated alkanes) is 35. The minimum absolute atomic E-state index is 0.0633. The molecule has 6 heteroatoms. The van der Waals surface area contributed by atoms with Crippen molar-refractivity contribution in [2.24, 2.45) is 11.8 Å². The third kappa shape index (κ3) is 49.7. The molecule has 6 nitrogen and oxygen atoms in total. The van der Waals surface area contributed by atoms with Gasteiger partial charge in [-0.25, -0.2) is 0 Å². The van der Waals surface area contributed by atoms with Gasteiger partial charge in [-0.2, -0.15) is 0 Å². The fourth-order valence-electron chi connectivity index (χ4n) is 8.66. The molecule has 1 unspecified atom stereocenters. The Morgan fingerprint density at radius 2 is 0.603 bits per heavy atom. The number of rotatable bonds is 51. The first-order chi connectivity index (χ1) is 30.8. The van der Waals surface area contributed by atoms with Crippen molar-refractivity contribution in [2.75, 3.05) is 13.2 Å². The van der Waals surface area contributed by atoms with E-state index < -0.39 is 6.10 Å². The number of carbonyl (C=O) groups excluding carboxylic acids is 3. The molecule has 0 bridgehead atoms. The lowest BCUT2D eigenvalue weighted by Gasteiger charge is -2.18. The van der Waals surface area contributed by atoms with Gasteiger partial charge in [0.15, 0.2) is 6.10 Å². The first-order valence-corrected chi connectivity index (χ1v) is 28.3. The van der Waals surface area contributed by atoms with E-state index >= 15 is 0 Å². The Labute approximate surface area is 393 Å². The molecule has 0 saturated heterocycles. The van der Waals surface area contributed by atoms with Gasteiger partial charge in [0, 0.05) is 19.3 Å². The van der Waals surface area contributed by atoms with Gasteiger partial charge in [0.2, 0.25) is 0 Å². The molecule has 374 valence electrons. The zero-order valence-electron chi connectivity index (χ0n) is 43.2. The lowest BCUT2D eigenvalue weighted by molar-refractivity contribution is -0.167. The van der Waals surface area contributed by atoms with E-state index in [1.165, 1.54) is 205 Å². The molecule has 0 aliphatic carbocycles. The summed E-state index contributed by atoms with van der Waals surface area (Å²) >= 11 is 0. The second-order valence-electron chi connectivity index (χ2n) is 20.3. The van der Waals surface area contributed by atoms with Crippen LogP contribution in [0, 0.1) is 11.8 Å². The highest BCUT2D eigenvalue weighted by atomic mass is 16.6. The molecule has 0 rings (SSSR count). The Balaban J connectivity index is 4.29. The van der Waals surface area contributed by atoms with Crippen molar-refractivity contribution < 1.29 is 28.6 Å². The second-order valence-corrected chi connectivity index (χ2v) is 20.3. The van der Waals surface area contributed by atoms with Crippen LogP contribution in [0.1, 0.15) is 317 Å². The molecule has 0 aliphatic heterocycles. The summed E-state index contributed by atoms with van der Waals surface area (Å²) in [6.07, 6.45) is 52.3. The maximum Gasteiger partial charge on any atom is 0.306 e. The fourth-order valence-corrected chi connectivity index (χ4v) is 8.66. The van der Waals surface area contributed by atoms with Gasteiger partial charge < -0.3 is 14.2 Å². The highest BCUT2D eigenvalue weighted by Crippen LogP contribution is 2.18. The molecule has 0 spiro atoms. The summed E-state index contributed by atoms with van der Waals surface area (Å²) in [5.41, 5.74) is 0. The summed E-state index contributed by atoms with van der Waals surface area (Å²) in [6.45, 7) is 11.4. The van der Waals surface area contributed by atoms with E-state index in [-0.39, 0.29) is 31.1 Å². The van der Waals surface area contributed by atoms with Crippen molar-refractivity contribution in [2.45, 2.75) is 323 Å². The first kappa shape index (κ1) is 61.4. The lowest BCUT2D eigenvalue weighted by Crippen LogP contribution is -2.30. The SMILES string of the molecule is CCCCCCCCCCCCCCCCCCCCC(=O)OC[C@@H](COC(=O)CCCCCCCCCCCCC(C)CC)OC(=O)CCCCCCCCCCCCC(C)C. The van der Waals surface area contributed by atoms with Crippen molar-refractivity contribution in [1.82, 2.24) is 0 Å². The van der Waals surface area contributed by atoms with E-state index in [4.69, 9.17) is 14.2 Å². The topological polar surface area (TPSA) is 78.9 Å². The van der Waals surface area contributed by atoms with Crippen LogP contribution in [-0.2, 0) is 28.6 Å². The van der Waals surface area contributed by atoms with Crippen LogP contribution in [0.3, 0.4) is 0 Å². The van der Waals surface area contributed by atoms with Crippen molar-refractivity contribution in [3.63, 3.8) is 0 Å². The quantitative estimate of drug-likeness (QED) is 0.0344. The van der Waals surface area contributed by atoms with Crippen LogP contribution in [-0.4, -0.2) is 37.2 Å². The van der Waals surface area contributed by atoms with E-state index in [1.54, 1.807) is 0 Å². The molecule has 0 fully saturated rings. The summed E-state index contributed by atoms with van der Waals surface area (Å²) in [4.78, 5) is 38.1. The molecule has 0 aromatic carbocycles. The van der Waals surface area contributed by atoms with Crippen molar-refractivity contribution >= 4 is 17.9 Å². The average Bonchev–Trinajstić information content (AvgIpc) is 3.27. The zero-order chi connectivity index (χ0) is 46.1. The van der Waals surface area contributed by atoms with Gasteiger partial charge in [-0.3, -0.25) is 14.4 Å². The first-order valence-electron chi connectivity index (χ1n) is 28.3. The number of hydrogen-bond donors (Lipinski definition) is 0. The standard InChI is InChI=1S/C57H110O6/c1-6-8-9-10-11-12-13-14-15-16-17-18-19-20-27-32-37-42-47-55(58)61-50-54(63-57(60)49-44-39-34-29-23-21-25-30-35-40-45-52(3)4)51-62-56(59)48-43-38-33-28-24-22-26-31-36-41-46-53(5)7-2/h52-54H,6-51H2,1-5H3/t53?,54-/m0/s1. The molecule has 0 heterocycles. The lowest BCUT2D eigenvalue weighted by atomic mass is 9.99. The van der Waals surface area contributed by atoms with Crippen molar-refractivity contribution in [3.8, 4) is 0 Å². The smallest absolute Gasteiger partial charge is 0.306 e. The van der Waals surface area contributed by atoms with Crippen LogP contribution in [0.5, 0.6) is 0 Å². The average molecular weight is 892 g/mol. The minimum atomic E-state index is -0.763. The Morgan fingerprint density at radius 3 is 0.905 bits per heavy atom. The maximum absolute atomic E-state index is 12.8. The van der Waals surface area contributed by atoms with E-state index in [0.717, 1.165) is 69.6 Å². The molecule has 63 heavy (non-hydrogen) atoms. The van der Waals surface area contributed by atoms with Gasteiger partial charge in [-0.15, -0.1) is 0 Å². The monoisotopic (exact) mass is 891 g/mol. The van der Waals surface area contributed by atoms with Gasteiger partial charge in [0.1, 0.15) is 13.2 Å². The van der Waals surface area contributed by atoms with Crippen LogP contribution in [0.15, 0.2) is 0 Å². The number of esters is 3. The minimum Gasteiger partial charge on any atom is -0.462 e. The largest absolute Gasteiger partial charge is 0.462 e. The van der Waals surface area contributed by atoms with Gasteiger partial charge >= 0.3 is 17.9 Å². The molecule has 0 radical (unpaired) electrons. The highest BCUT2D eigenvalue weighted by molar-refractivity contribution is 5.71. The predicted molar refractivity (Wildman–Crippen MR) is 270 cm³/mol. The van der Waals surface area contributed by atoms with Gasteiger partial charge in [0.25, 0.3) is 0 Å². The van der Waals surface area contributed by atoms with Crippen LogP contribution in [0.25, 0.3) is 0 Å². The van der Waals surface area contributed by atoms with Crippen LogP contribution in [0.4, 0.5) is 0 Å². The molecule has 0 aliphatic rings. The third-order valence-corrected chi connectivity index (χ3v) is 13.3. The number of hydrogen-bond acceptors (Lipinski definition) is 6. The Morgan fingerprint density at radius 1 is 0.333 bits per heavy atom. The van der Waals surface area contributed by atoms with Gasteiger partial charge in [0.05, 0.1) is 0 Å². The summed E-state index contributed by atoms with van der Waals surface area (Å²) in [5.74, 6) is 0.843. The van der Waals surface area contributed by atoms with E-state index in [2.05, 4.69) is 34.6 Å². The van der Waals surface area contributed by atoms with E-state index in [0.29, 0.717) is 19.3 Å². The van der Waals surface area contributed by atoms with Crippen LogP contribution >= 0.6 is 0 Å². The summed E-state index contributed by atoms with van der Waals surface area (Å²) in [5, 5.41) is 0. The molecule has 0 aromatic rings. The molecule has 0 N–H and O–H groups in total. The normalized spacial score (nSPS) is 12.5. The summed E-state index contributed by atoms with van der Waals surface area (Å²) in [6, 6.07) is 0. The molecule has 0 amide bonds.